The molecular weight excluding hydrogens is 369 g/mol. The van der Waals surface area contributed by atoms with Gasteiger partial charge in [0.05, 0.1) is 6.21 Å². The van der Waals surface area contributed by atoms with E-state index in [0.717, 1.165) is 43.1 Å². The Morgan fingerprint density at radius 1 is 1.12 bits per heavy atom. The Morgan fingerprint density at radius 3 is 2.54 bits per heavy atom. The molecule has 6 heteroatoms. The maximum Gasteiger partial charge on any atom is 0.243 e. The summed E-state index contributed by atoms with van der Waals surface area (Å²) in [6.07, 6.45) is 3.29. The summed E-state index contributed by atoms with van der Waals surface area (Å²) in [5, 5.41) is 5.44. The van der Waals surface area contributed by atoms with Crippen LogP contribution in [0.2, 0.25) is 10.0 Å². The van der Waals surface area contributed by atoms with E-state index in [0.29, 0.717) is 5.02 Å². The predicted molar refractivity (Wildman–Crippen MR) is 107 cm³/mol. The van der Waals surface area contributed by atoms with Gasteiger partial charge in [0.1, 0.15) is 0 Å². The fourth-order valence-electron chi connectivity index (χ4n) is 3.05. The van der Waals surface area contributed by atoms with E-state index in [2.05, 4.69) is 15.4 Å². The lowest BCUT2D eigenvalue weighted by Crippen LogP contribution is -2.39. The second-order valence-electron chi connectivity index (χ2n) is 6.47. The average Bonchev–Trinajstić information content (AvgIpc) is 2.64. The molecule has 0 saturated carbocycles. The van der Waals surface area contributed by atoms with Crippen molar-refractivity contribution in [1.82, 2.24) is 10.3 Å². The van der Waals surface area contributed by atoms with Crippen LogP contribution in [0, 0.1) is 5.92 Å². The van der Waals surface area contributed by atoms with Gasteiger partial charge < -0.3 is 0 Å². The second kappa shape index (κ2) is 9.17. The van der Waals surface area contributed by atoms with Crippen molar-refractivity contribution in [2.45, 2.75) is 19.4 Å². The highest BCUT2D eigenvalue weighted by molar-refractivity contribution is 6.31. The fraction of sp³-hybridized carbons (Fsp3) is 0.300. The standard InChI is InChI=1S/C20H21Cl2N3O/c21-18-6-4-15(5-7-18)14-25-10-8-17(9-11-25)20(26)24-23-13-16-2-1-3-19(22)12-16/h1-7,12-13,17H,8-11,14H2,(H,24,26). The van der Waals surface area contributed by atoms with Crippen LogP contribution < -0.4 is 5.43 Å². The zero-order valence-electron chi connectivity index (χ0n) is 14.4. The van der Waals surface area contributed by atoms with Crippen LogP contribution in [0.25, 0.3) is 0 Å². The first kappa shape index (κ1) is 18.9. The molecule has 3 rings (SSSR count). The molecule has 1 fully saturated rings. The molecule has 2 aromatic rings. The molecule has 1 saturated heterocycles. The van der Waals surface area contributed by atoms with E-state index < -0.39 is 0 Å². The average molecular weight is 390 g/mol. The molecule has 4 nitrogen and oxygen atoms in total. The first-order valence-electron chi connectivity index (χ1n) is 8.65. The third kappa shape index (κ3) is 5.56. The Morgan fingerprint density at radius 2 is 1.85 bits per heavy atom. The predicted octanol–water partition coefficient (Wildman–Crippen LogP) is 4.36. The molecule has 0 bridgehead atoms. The van der Waals surface area contributed by atoms with Crippen LogP contribution in [0.15, 0.2) is 53.6 Å². The van der Waals surface area contributed by atoms with Crippen molar-refractivity contribution in [2.24, 2.45) is 11.0 Å². The minimum atomic E-state index is -0.0191. The molecule has 1 aliphatic rings. The quantitative estimate of drug-likeness (QED) is 0.609. The van der Waals surface area contributed by atoms with Gasteiger partial charge in [0, 0.05) is 22.5 Å². The fourth-order valence-corrected chi connectivity index (χ4v) is 3.37. The number of rotatable bonds is 5. The van der Waals surface area contributed by atoms with E-state index in [1.807, 2.05) is 36.4 Å². The van der Waals surface area contributed by atoms with Gasteiger partial charge in [-0.2, -0.15) is 5.10 Å². The lowest BCUT2D eigenvalue weighted by Gasteiger charge is -2.30. The SMILES string of the molecule is O=C(NN=Cc1cccc(Cl)c1)C1CCN(Cc2ccc(Cl)cc2)CC1. The van der Waals surface area contributed by atoms with Crippen molar-refractivity contribution in [1.29, 1.82) is 0 Å². The molecule has 2 aromatic carbocycles. The van der Waals surface area contributed by atoms with Gasteiger partial charge >= 0.3 is 0 Å². The smallest absolute Gasteiger partial charge is 0.243 e. The van der Waals surface area contributed by atoms with Gasteiger partial charge in [0.15, 0.2) is 0 Å². The number of likely N-dealkylation sites (tertiary alicyclic amines) is 1. The number of benzene rings is 2. The van der Waals surface area contributed by atoms with Crippen LogP contribution in [-0.4, -0.2) is 30.1 Å². The highest BCUT2D eigenvalue weighted by Crippen LogP contribution is 2.20. The Kier molecular flexibility index (Phi) is 6.67. The maximum absolute atomic E-state index is 12.3. The van der Waals surface area contributed by atoms with E-state index in [9.17, 15) is 4.79 Å². The third-order valence-electron chi connectivity index (χ3n) is 4.51. The number of nitrogens with one attached hydrogen (secondary N) is 1. The van der Waals surface area contributed by atoms with Gasteiger partial charge in [-0.1, -0.05) is 47.5 Å². The molecule has 0 spiro atoms. The van der Waals surface area contributed by atoms with Crippen molar-refractivity contribution in [3.63, 3.8) is 0 Å². The maximum atomic E-state index is 12.3. The van der Waals surface area contributed by atoms with Gasteiger partial charge in [0.2, 0.25) is 5.91 Å². The lowest BCUT2D eigenvalue weighted by molar-refractivity contribution is -0.126. The van der Waals surface area contributed by atoms with Crippen molar-refractivity contribution >= 4 is 35.3 Å². The molecule has 1 amide bonds. The van der Waals surface area contributed by atoms with Gasteiger partial charge in [-0.15, -0.1) is 0 Å². The van der Waals surface area contributed by atoms with E-state index in [1.165, 1.54) is 5.56 Å². The van der Waals surface area contributed by atoms with Crippen molar-refractivity contribution in [3.8, 4) is 0 Å². The molecule has 0 aliphatic carbocycles. The number of piperidine rings is 1. The Balaban J connectivity index is 1.43. The third-order valence-corrected chi connectivity index (χ3v) is 5.00. The summed E-state index contributed by atoms with van der Waals surface area (Å²) in [6, 6.07) is 15.3. The van der Waals surface area contributed by atoms with Crippen LogP contribution in [0.3, 0.4) is 0 Å². The minimum Gasteiger partial charge on any atom is -0.299 e. The second-order valence-corrected chi connectivity index (χ2v) is 7.34. The van der Waals surface area contributed by atoms with Gasteiger partial charge in [0.25, 0.3) is 0 Å². The molecule has 1 heterocycles. The van der Waals surface area contributed by atoms with Crippen molar-refractivity contribution in [3.05, 3.63) is 69.7 Å². The molecule has 26 heavy (non-hydrogen) atoms. The first-order valence-corrected chi connectivity index (χ1v) is 9.41. The number of carbonyl (C=O) groups excluding carboxylic acids is 1. The number of nitrogens with zero attached hydrogens (tertiary/aromatic N) is 2. The zero-order chi connectivity index (χ0) is 18.4. The molecule has 0 unspecified atom stereocenters. The molecular formula is C20H21Cl2N3O. The lowest BCUT2D eigenvalue weighted by atomic mass is 9.96. The summed E-state index contributed by atoms with van der Waals surface area (Å²) in [7, 11) is 0. The van der Waals surface area contributed by atoms with Crippen molar-refractivity contribution < 1.29 is 4.79 Å². The van der Waals surface area contributed by atoms with Gasteiger partial charge in [-0.3, -0.25) is 9.69 Å². The van der Waals surface area contributed by atoms with E-state index in [-0.39, 0.29) is 11.8 Å². The van der Waals surface area contributed by atoms with Gasteiger partial charge in [-0.05, 0) is 61.3 Å². The summed E-state index contributed by atoms with van der Waals surface area (Å²) in [6.45, 7) is 2.69. The molecule has 136 valence electrons. The number of amides is 1. The molecule has 0 atom stereocenters. The van der Waals surface area contributed by atoms with E-state index in [4.69, 9.17) is 23.2 Å². The molecule has 0 aromatic heterocycles. The minimum absolute atomic E-state index is 0.00739. The zero-order valence-corrected chi connectivity index (χ0v) is 15.9. The van der Waals surface area contributed by atoms with Crippen LogP contribution in [-0.2, 0) is 11.3 Å². The summed E-state index contributed by atoms with van der Waals surface area (Å²) in [5.74, 6) is -0.0117. The highest BCUT2D eigenvalue weighted by atomic mass is 35.5. The van der Waals surface area contributed by atoms with E-state index >= 15 is 0 Å². The number of hydrazone groups is 1. The van der Waals surface area contributed by atoms with Crippen LogP contribution in [0.4, 0.5) is 0 Å². The number of carbonyl (C=O) groups is 1. The molecule has 1 aliphatic heterocycles. The van der Waals surface area contributed by atoms with E-state index in [1.54, 1.807) is 18.3 Å². The number of halogens is 2. The largest absolute Gasteiger partial charge is 0.299 e. The Bertz CT molecular complexity index is 769. The highest BCUT2D eigenvalue weighted by Gasteiger charge is 2.24. The molecule has 1 N–H and O–H groups in total. The van der Waals surface area contributed by atoms with Crippen LogP contribution >= 0.6 is 23.2 Å². The van der Waals surface area contributed by atoms with Crippen LogP contribution in [0.5, 0.6) is 0 Å². The normalized spacial score (nSPS) is 16.1. The van der Waals surface area contributed by atoms with Crippen LogP contribution in [0.1, 0.15) is 24.0 Å². The van der Waals surface area contributed by atoms with Gasteiger partial charge in [-0.25, -0.2) is 5.43 Å². The summed E-state index contributed by atoms with van der Waals surface area (Å²) in [5.41, 5.74) is 4.74. The Labute approximate surface area is 163 Å². The number of hydrogen-bond acceptors (Lipinski definition) is 3. The molecule has 0 radical (unpaired) electrons. The Hall–Kier alpha value is -1.88. The van der Waals surface area contributed by atoms with Crippen molar-refractivity contribution in [2.75, 3.05) is 13.1 Å². The topological polar surface area (TPSA) is 44.7 Å². The first-order chi connectivity index (χ1) is 12.6. The summed E-state index contributed by atoms with van der Waals surface area (Å²) in [4.78, 5) is 14.6. The summed E-state index contributed by atoms with van der Waals surface area (Å²) < 4.78 is 0. The monoisotopic (exact) mass is 389 g/mol. The summed E-state index contributed by atoms with van der Waals surface area (Å²) >= 11 is 11.8. The number of hydrogen-bond donors (Lipinski definition) is 1.